The maximum absolute atomic E-state index is 11.7. The van der Waals surface area contributed by atoms with Crippen LogP contribution in [-0.2, 0) is 0 Å². The first-order chi connectivity index (χ1) is 9.65. The monoisotopic (exact) mass is 395 g/mol. The molecule has 0 aliphatic heterocycles. The number of hydrogen-bond acceptors (Lipinski definition) is 2. The summed E-state index contributed by atoms with van der Waals surface area (Å²) in [5.74, 6) is -0.299. The summed E-state index contributed by atoms with van der Waals surface area (Å²) in [6.07, 6.45) is 5.12. The number of allylic oxidation sites excluding steroid dienone is 1. The molecule has 1 heterocycles. The van der Waals surface area contributed by atoms with Crippen molar-refractivity contribution in [3.05, 3.63) is 62.8 Å². The number of halogens is 2. The van der Waals surface area contributed by atoms with Crippen molar-refractivity contribution in [2.24, 2.45) is 5.10 Å². The summed E-state index contributed by atoms with van der Waals surface area (Å²) >= 11 is 6.63. The van der Waals surface area contributed by atoms with Crippen LogP contribution in [0.25, 0.3) is 6.08 Å². The third-order valence-corrected chi connectivity index (χ3v) is 3.24. The van der Waals surface area contributed by atoms with Crippen LogP contribution in [0.5, 0.6) is 0 Å². The minimum atomic E-state index is -0.299. The lowest BCUT2D eigenvalue weighted by Crippen LogP contribution is -2.17. The maximum atomic E-state index is 11.7. The third-order valence-electron chi connectivity index (χ3n) is 2.35. The summed E-state index contributed by atoms with van der Waals surface area (Å²) in [6, 6.07) is 11.5. The van der Waals surface area contributed by atoms with Crippen molar-refractivity contribution in [3.8, 4) is 0 Å². The fourth-order valence-electron chi connectivity index (χ4n) is 1.46. The summed E-state index contributed by atoms with van der Waals surface area (Å²) in [6.45, 7) is 0. The van der Waals surface area contributed by atoms with Gasteiger partial charge < -0.3 is 4.98 Å². The number of nitrogens with one attached hydrogen (secondary N) is 2. The first-order valence-corrected chi connectivity index (χ1v) is 7.33. The van der Waals surface area contributed by atoms with E-state index in [4.69, 9.17) is 0 Å². The molecule has 0 atom stereocenters. The Morgan fingerprint density at radius 2 is 2.05 bits per heavy atom. The Labute approximate surface area is 133 Å². The second kappa shape index (κ2) is 7.21. The molecule has 6 heteroatoms. The lowest BCUT2D eigenvalue weighted by atomic mass is 10.2. The van der Waals surface area contributed by atoms with Gasteiger partial charge in [0.2, 0.25) is 0 Å². The highest BCUT2D eigenvalue weighted by Gasteiger charge is 2.05. The molecular formula is C14H11Br2N3O. The molecule has 0 saturated heterocycles. The molecule has 0 aliphatic carbocycles. The highest BCUT2D eigenvalue weighted by atomic mass is 79.9. The van der Waals surface area contributed by atoms with Gasteiger partial charge in [-0.25, -0.2) is 5.43 Å². The number of amides is 1. The standard InChI is InChI=1S/C14H11Br2N3O/c15-11(6-10-4-2-1-3-5-10)9-18-19-14(20)13-7-12(16)8-17-13/h1-9,17H,(H,19,20)/b11-6-,18-9-. The third kappa shape index (κ3) is 4.47. The zero-order valence-electron chi connectivity index (χ0n) is 10.3. The Morgan fingerprint density at radius 1 is 1.30 bits per heavy atom. The topological polar surface area (TPSA) is 57.2 Å². The number of hydrogen-bond donors (Lipinski definition) is 2. The lowest BCUT2D eigenvalue weighted by molar-refractivity contribution is 0.0951. The van der Waals surface area contributed by atoms with Crippen LogP contribution in [0.2, 0.25) is 0 Å². The molecule has 1 aromatic heterocycles. The number of benzene rings is 1. The van der Waals surface area contributed by atoms with Crippen LogP contribution < -0.4 is 5.43 Å². The maximum Gasteiger partial charge on any atom is 0.287 e. The van der Waals surface area contributed by atoms with Crippen molar-refractivity contribution in [2.75, 3.05) is 0 Å². The zero-order chi connectivity index (χ0) is 14.4. The van der Waals surface area contributed by atoms with Gasteiger partial charge in [0.25, 0.3) is 5.91 Å². The minimum absolute atomic E-state index is 0.299. The number of aromatic nitrogens is 1. The molecule has 0 fully saturated rings. The normalized spacial score (nSPS) is 11.8. The second-order valence-electron chi connectivity index (χ2n) is 3.87. The fraction of sp³-hybridized carbons (Fsp3) is 0. The van der Waals surface area contributed by atoms with E-state index in [1.54, 1.807) is 12.3 Å². The molecule has 0 unspecified atom stereocenters. The fourth-order valence-corrected chi connectivity index (χ4v) is 2.17. The van der Waals surface area contributed by atoms with Crippen molar-refractivity contribution < 1.29 is 4.79 Å². The van der Waals surface area contributed by atoms with E-state index in [-0.39, 0.29) is 5.91 Å². The Hall–Kier alpha value is -1.66. The van der Waals surface area contributed by atoms with Gasteiger partial charge in [-0.1, -0.05) is 30.3 Å². The van der Waals surface area contributed by atoms with E-state index in [1.807, 2.05) is 36.4 Å². The van der Waals surface area contributed by atoms with Crippen LogP contribution in [0, 0.1) is 0 Å². The van der Waals surface area contributed by atoms with E-state index >= 15 is 0 Å². The predicted octanol–water partition coefficient (Wildman–Crippen LogP) is 3.93. The molecule has 0 radical (unpaired) electrons. The Morgan fingerprint density at radius 3 is 2.70 bits per heavy atom. The van der Waals surface area contributed by atoms with E-state index in [0.29, 0.717) is 5.69 Å². The number of aromatic amines is 1. The van der Waals surface area contributed by atoms with Gasteiger partial charge in [0.15, 0.2) is 0 Å². The van der Waals surface area contributed by atoms with Gasteiger partial charge in [-0.3, -0.25) is 4.79 Å². The molecular weight excluding hydrogens is 386 g/mol. The van der Waals surface area contributed by atoms with Gasteiger partial charge in [-0.2, -0.15) is 5.10 Å². The molecule has 2 rings (SSSR count). The molecule has 0 spiro atoms. The van der Waals surface area contributed by atoms with Crippen molar-refractivity contribution in [3.63, 3.8) is 0 Å². The molecule has 0 bridgehead atoms. The SMILES string of the molecule is O=C(N/N=C\C(Br)=C\c1ccccc1)c1cc(Br)c[nH]1. The molecule has 4 nitrogen and oxygen atoms in total. The van der Waals surface area contributed by atoms with Crippen molar-refractivity contribution >= 4 is 50.1 Å². The molecule has 102 valence electrons. The first-order valence-electron chi connectivity index (χ1n) is 5.75. The summed E-state index contributed by atoms with van der Waals surface area (Å²) < 4.78 is 1.58. The predicted molar refractivity (Wildman–Crippen MR) is 87.8 cm³/mol. The summed E-state index contributed by atoms with van der Waals surface area (Å²) in [5.41, 5.74) is 3.93. The number of carbonyl (C=O) groups excluding carboxylic acids is 1. The van der Waals surface area contributed by atoms with Crippen LogP contribution >= 0.6 is 31.9 Å². The molecule has 2 N–H and O–H groups in total. The van der Waals surface area contributed by atoms with Crippen molar-refractivity contribution in [1.29, 1.82) is 0 Å². The van der Waals surface area contributed by atoms with E-state index in [2.05, 4.69) is 47.4 Å². The minimum Gasteiger partial charge on any atom is -0.356 e. The number of rotatable bonds is 4. The quantitative estimate of drug-likeness (QED) is 0.597. The van der Waals surface area contributed by atoms with Crippen LogP contribution in [-0.4, -0.2) is 17.1 Å². The Bertz CT molecular complexity index is 647. The van der Waals surface area contributed by atoms with Gasteiger partial charge in [-0.05, 0) is 49.6 Å². The van der Waals surface area contributed by atoms with Crippen LogP contribution in [0.3, 0.4) is 0 Å². The number of carbonyl (C=O) groups is 1. The number of hydrazone groups is 1. The summed E-state index contributed by atoms with van der Waals surface area (Å²) in [5, 5.41) is 3.88. The largest absolute Gasteiger partial charge is 0.356 e. The molecule has 2 aromatic rings. The van der Waals surface area contributed by atoms with E-state index in [1.165, 1.54) is 6.21 Å². The highest BCUT2D eigenvalue weighted by molar-refractivity contribution is 9.12. The van der Waals surface area contributed by atoms with Gasteiger partial charge in [0, 0.05) is 15.2 Å². The van der Waals surface area contributed by atoms with Gasteiger partial charge in [0.1, 0.15) is 5.69 Å². The number of nitrogens with zero attached hydrogens (tertiary/aromatic N) is 1. The molecule has 20 heavy (non-hydrogen) atoms. The number of H-pyrrole nitrogens is 1. The summed E-state index contributed by atoms with van der Waals surface area (Å²) in [4.78, 5) is 14.5. The first kappa shape index (κ1) is 14.7. The van der Waals surface area contributed by atoms with Crippen LogP contribution in [0.4, 0.5) is 0 Å². The smallest absolute Gasteiger partial charge is 0.287 e. The lowest BCUT2D eigenvalue weighted by Gasteiger charge is -1.96. The second-order valence-corrected chi connectivity index (χ2v) is 5.70. The molecule has 0 aliphatic rings. The van der Waals surface area contributed by atoms with E-state index in [9.17, 15) is 4.79 Å². The van der Waals surface area contributed by atoms with Crippen LogP contribution in [0.15, 0.2) is 56.7 Å². The van der Waals surface area contributed by atoms with E-state index in [0.717, 1.165) is 14.5 Å². The molecule has 1 aromatic carbocycles. The zero-order valence-corrected chi connectivity index (χ0v) is 13.5. The van der Waals surface area contributed by atoms with Crippen molar-refractivity contribution in [2.45, 2.75) is 0 Å². The highest BCUT2D eigenvalue weighted by Crippen LogP contribution is 2.11. The molecule has 1 amide bonds. The van der Waals surface area contributed by atoms with E-state index < -0.39 is 0 Å². The summed E-state index contributed by atoms with van der Waals surface area (Å²) in [7, 11) is 0. The van der Waals surface area contributed by atoms with Gasteiger partial charge >= 0.3 is 0 Å². The van der Waals surface area contributed by atoms with Crippen LogP contribution in [0.1, 0.15) is 16.1 Å². The Kier molecular flexibility index (Phi) is 5.31. The van der Waals surface area contributed by atoms with Gasteiger partial charge in [-0.15, -0.1) is 0 Å². The Balaban J connectivity index is 1.93. The molecule has 0 saturated carbocycles. The van der Waals surface area contributed by atoms with Crippen molar-refractivity contribution in [1.82, 2.24) is 10.4 Å². The average molecular weight is 397 g/mol. The average Bonchev–Trinajstić information content (AvgIpc) is 2.86. The van der Waals surface area contributed by atoms with Gasteiger partial charge in [0.05, 0.1) is 6.21 Å².